The summed E-state index contributed by atoms with van der Waals surface area (Å²) in [5, 5.41) is 6.33. The summed E-state index contributed by atoms with van der Waals surface area (Å²) in [6.45, 7) is 2.10. The highest BCUT2D eigenvalue weighted by atomic mass is 16.2. The molecule has 29 heavy (non-hydrogen) atoms. The quantitative estimate of drug-likeness (QED) is 0.800. The third-order valence-corrected chi connectivity index (χ3v) is 6.22. The number of carbonyl (C=O) groups is 2. The van der Waals surface area contributed by atoms with Crippen LogP contribution in [0.3, 0.4) is 0 Å². The van der Waals surface area contributed by atoms with Crippen molar-refractivity contribution in [1.82, 2.24) is 10.2 Å². The average molecular weight is 392 g/mol. The van der Waals surface area contributed by atoms with E-state index < -0.39 is 0 Å². The van der Waals surface area contributed by atoms with Gasteiger partial charge in [0.25, 0.3) is 5.91 Å². The molecule has 2 aliphatic rings. The van der Waals surface area contributed by atoms with Gasteiger partial charge in [-0.05, 0) is 62.3 Å². The number of aryl methyl sites for hydroxylation is 1. The van der Waals surface area contributed by atoms with Gasteiger partial charge in [-0.25, -0.2) is 4.79 Å². The van der Waals surface area contributed by atoms with Crippen LogP contribution in [0.2, 0.25) is 0 Å². The van der Waals surface area contributed by atoms with Crippen molar-refractivity contribution in [2.75, 3.05) is 5.32 Å². The average Bonchev–Trinajstić information content (AvgIpc) is 2.74. The van der Waals surface area contributed by atoms with Gasteiger partial charge >= 0.3 is 6.03 Å². The third-order valence-electron chi connectivity index (χ3n) is 6.22. The molecule has 0 radical (unpaired) electrons. The first kappa shape index (κ1) is 19.5. The van der Waals surface area contributed by atoms with E-state index in [1.54, 1.807) is 0 Å². The van der Waals surface area contributed by atoms with Gasteiger partial charge in [0.15, 0.2) is 0 Å². The highest BCUT2D eigenvalue weighted by molar-refractivity contribution is 5.94. The van der Waals surface area contributed by atoms with Crippen LogP contribution in [0, 0.1) is 0 Å². The molecule has 2 aromatic rings. The van der Waals surface area contributed by atoms with Crippen LogP contribution in [0.1, 0.15) is 54.9 Å². The van der Waals surface area contributed by atoms with Gasteiger partial charge in [0.1, 0.15) is 0 Å². The van der Waals surface area contributed by atoms with Gasteiger partial charge < -0.3 is 15.5 Å². The molecule has 0 aliphatic carbocycles. The molecule has 2 aliphatic heterocycles. The number of amides is 3. The Morgan fingerprint density at radius 1 is 0.966 bits per heavy atom. The molecule has 4 rings (SSSR count). The number of benzene rings is 2. The zero-order valence-corrected chi connectivity index (χ0v) is 16.9. The number of hydrogen-bond donors (Lipinski definition) is 2. The number of piperidine rings is 2. The highest BCUT2D eigenvalue weighted by Gasteiger charge is 2.41. The first-order chi connectivity index (χ1) is 14.2. The summed E-state index contributed by atoms with van der Waals surface area (Å²) >= 11 is 0. The molecule has 5 heteroatoms. The lowest BCUT2D eigenvalue weighted by Gasteiger charge is -2.48. The van der Waals surface area contributed by atoms with Crippen molar-refractivity contribution in [3.8, 4) is 0 Å². The van der Waals surface area contributed by atoms with E-state index in [0.29, 0.717) is 5.56 Å². The summed E-state index contributed by atoms with van der Waals surface area (Å²) in [5.41, 5.74) is 2.74. The van der Waals surface area contributed by atoms with Gasteiger partial charge in [0.2, 0.25) is 0 Å². The lowest BCUT2D eigenvalue weighted by atomic mass is 9.82. The number of nitrogens with one attached hydrogen (secondary N) is 2. The molecule has 2 saturated heterocycles. The predicted molar refractivity (Wildman–Crippen MR) is 115 cm³/mol. The van der Waals surface area contributed by atoms with E-state index in [-0.39, 0.29) is 30.1 Å². The number of nitrogens with zero attached hydrogens (tertiary/aromatic N) is 1. The Bertz CT molecular complexity index is 853. The second kappa shape index (κ2) is 8.68. The van der Waals surface area contributed by atoms with Crippen LogP contribution in [-0.2, 0) is 6.42 Å². The van der Waals surface area contributed by atoms with Gasteiger partial charge in [0, 0.05) is 29.4 Å². The van der Waals surface area contributed by atoms with Crippen LogP contribution in [0.5, 0.6) is 0 Å². The first-order valence-electron chi connectivity index (χ1n) is 10.7. The third kappa shape index (κ3) is 4.29. The van der Waals surface area contributed by atoms with E-state index in [9.17, 15) is 9.59 Å². The summed E-state index contributed by atoms with van der Waals surface area (Å²) < 4.78 is 0. The number of fused-ring (bicyclic) bond motifs is 2. The molecule has 0 aromatic heterocycles. The molecule has 0 saturated carbocycles. The maximum absolute atomic E-state index is 13.1. The van der Waals surface area contributed by atoms with E-state index in [2.05, 4.69) is 23.6 Å². The van der Waals surface area contributed by atoms with E-state index in [4.69, 9.17) is 0 Å². The number of anilines is 1. The minimum atomic E-state index is -0.0246. The Morgan fingerprint density at radius 3 is 2.31 bits per heavy atom. The zero-order chi connectivity index (χ0) is 20.2. The fourth-order valence-electron chi connectivity index (χ4n) is 4.82. The topological polar surface area (TPSA) is 61.4 Å². The first-order valence-corrected chi connectivity index (χ1v) is 10.7. The number of urea groups is 1. The largest absolute Gasteiger partial charge is 0.349 e. The molecule has 2 bridgehead atoms. The van der Waals surface area contributed by atoms with Crippen molar-refractivity contribution in [1.29, 1.82) is 0 Å². The number of hydrogen-bond acceptors (Lipinski definition) is 2. The Morgan fingerprint density at radius 2 is 1.62 bits per heavy atom. The van der Waals surface area contributed by atoms with Crippen molar-refractivity contribution in [3.63, 3.8) is 0 Å². The monoisotopic (exact) mass is 391 g/mol. The van der Waals surface area contributed by atoms with Crippen molar-refractivity contribution in [2.45, 2.75) is 63.6 Å². The summed E-state index contributed by atoms with van der Waals surface area (Å²) in [6.07, 6.45) is 5.66. The minimum absolute atomic E-state index is 0.00608. The van der Waals surface area contributed by atoms with E-state index in [1.165, 1.54) is 0 Å². The SMILES string of the molecule is CCc1ccccc1NC(=O)N1C2CCCC1CC(NC(=O)c1ccccc1)C2. The van der Waals surface area contributed by atoms with Gasteiger partial charge in [-0.1, -0.05) is 43.3 Å². The fourth-order valence-corrected chi connectivity index (χ4v) is 4.82. The van der Waals surface area contributed by atoms with Crippen LogP contribution in [-0.4, -0.2) is 35.0 Å². The molecular weight excluding hydrogens is 362 g/mol. The lowest BCUT2D eigenvalue weighted by Crippen LogP contribution is -2.59. The molecule has 2 atom stereocenters. The molecule has 0 spiro atoms. The second-order valence-corrected chi connectivity index (χ2v) is 8.09. The van der Waals surface area contributed by atoms with Crippen LogP contribution in [0.25, 0.3) is 0 Å². The van der Waals surface area contributed by atoms with Crippen molar-refractivity contribution in [2.24, 2.45) is 0 Å². The number of carbonyl (C=O) groups excluding carboxylic acids is 2. The Balaban J connectivity index is 1.43. The van der Waals surface area contributed by atoms with E-state index in [1.807, 2.05) is 53.4 Å². The summed E-state index contributed by atoms with van der Waals surface area (Å²) in [6, 6.07) is 17.8. The molecule has 3 amide bonds. The normalized spacial score (nSPS) is 23.3. The van der Waals surface area contributed by atoms with Crippen LogP contribution in [0.15, 0.2) is 54.6 Å². The van der Waals surface area contributed by atoms with Crippen LogP contribution < -0.4 is 10.6 Å². The number of para-hydroxylation sites is 1. The molecule has 2 N–H and O–H groups in total. The molecule has 2 fully saturated rings. The van der Waals surface area contributed by atoms with Crippen molar-refractivity contribution in [3.05, 3.63) is 65.7 Å². The van der Waals surface area contributed by atoms with Gasteiger partial charge in [-0.2, -0.15) is 0 Å². The maximum Gasteiger partial charge on any atom is 0.322 e. The molecule has 2 heterocycles. The molecular formula is C24H29N3O2. The van der Waals surface area contributed by atoms with Gasteiger partial charge in [-0.15, -0.1) is 0 Å². The zero-order valence-electron chi connectivity index (χ0n) is 16.9. The summed E-state index contributed by atoms with van der Waals surface area (Å²) in [4.78, 5) is 27.7. The Hall–Kier alpha value is -2.82. The second-order valence-electron chi connectivity index (χ2n) is 8.09. The molecule has 5 nitrogen and oxygen atoms in total. The molecule has 152 valence electrons. The fraction of sp³-hybridized carbons (Fsp3) is 0.417. The van der Waals surface area contributed by atoms with Crippen molar-refractivity contribution < 1.29 is 9.59 Å². The van der Waals surface area contributed by atoms with Crippen molar-refractivity contribution >= 4 is 17.6 Å². The van der Waals surface area contributed by atoms with E-state index >= 15 is 0 Å². The minimum Gasteiger partial charge on any atom is -0.349 e. The molecule has 2 unspecified atom stereocenters. The maximum atomic E-state index is 13.1. The lowest BCUT2D eigenvalue weighted by molar-refractivity contribution is 0.0577. The number of rotatable bonds is 4. The Kier molecular flexibility index (Phi) is 5.84. The standard InChI is InChI=1S/C24H29N3O2/c1-2-17-9-6-7-14-22(17)26-24(29)27-20-12-8-13-21(27)16-19(15-20)25-23(28)18-10-4-3-5-11-18/h3-7,9-11,14,19-21H,2,8,12-13,15-16H2,1H3,(H,25,28)(H,26,29). The molecule has 2 aromatic carbocycles. The van der Waals surface area contributed by atoms with Gasteiger partial charge in [0.05, 0.1) is 0 Å². The smallest absolute Gasteiger partial charge is 0.322 e. The Labute approximate surface area is 172 Å². The van der Waals surface area contributed by atoms with Crippen LogP contribution in [0.4, 0.5) is 10.5 Å². The van der Waals surface area contributed by atoms with Gasteiger partial charge in [-0.3, -0.25) is 4.79 Å². The predicted octanol–water partition coefficient (Wildman–Crippen LogP) is 4.60. The summed E-state index contributed by atoms with van der Waals surface area (Å²) in [7, 11) is 0. The van der Waals surface area contributed by atoms with Crippen LogP contribution >= 0.6 is 0 Å². The highest BCUT2D eigenvalue weighted by Crippen LogP contribution is 2.35. The van der Waals surface area contributed by atoms with E-state index in [0.717, 1.165) is 49.8 Å². The summed E-state index contributed by atoms with van der Waals surface area (Å²) in [5.74, 6) is -0.0246.